The summed E-state index contributed by atoms with van der Waals surface area (Å²) in [5.74, 6) is -0.0287. The maximum Gasteiger partial charge on any atom is 0.320 e. The first-order valence-corrected chi connectivity index (χ1v) is 6.42. The lowest BCUT2D eigenvalue weighted by atomic mass is 9.85. The SMILES string of the molecule is NCCCN1C(C(=O)O)CC2CCCCC21. The Morgan fingerprint density at radius 1 is 1.38 bits per heavy atom. The Balaban J connectivity index is 2.05. The highest BCUT2D eigenvalue weighted by molar-refractivity contribution is 5.74. The summed E-state index contributed by atoms with van der Waals surface area (Å²) < 4.78 is 0. The van der Waals surface area contributed by atoms with Crippen molar-refractivity contribution in [2.75, 3.05) is 13.1 Å². The van der Waals surface area contributed by atoms with Gasteiger partial charge in [0.05, 0.1) is 0 Å². The molecule has 3 unspecified atom stereocenters. The van der Waals surface area contributed by atoms with Gasteiger partial charge in [0, 0.05) is 12.6 Å². The highest BCUT2D eigenvalue weighted by Crippen LogP contribution is 2.39. The Morgan fingerprint density at radius 2 is 2.12 bits per heavy atom. The molecule has 1 aliphatic heterocycles. The Hall–Kier alpha value is -0.610. The van der Waals surface area contributed by atoms with Crippen molar-refractivity contribution in [2.45, 2.75) is 50.6 Å². The van der Waals surface area contributed by atoms with Gasteiger partial charge in [0.1, 0.15) is 6.04 Å². The molecule has 3 N–H and O–H groups in total. The molecule has 0 aromatic carbocycles. The van der Waals surface area contributed by atoms with Gasteiger partial charge in [-0.1, -0.05) is 12.8 Å². The number of nitrogens with two attached hydrogens (primary N) is 1. The van der Waals surface area contributed by atoms with E-state index in [-0.39, 0.29) is 6.04 Å². The van der Waals surface area contributed by atoms with Gasteiger partial charge in [0.15, 0.2) is 0 Å². The topological polar surface area (TPSA) is 66.6 Å². The van der Waals surface area contributed by atoms with E-state index in [1.165, 1.54) is 25.7 Å². The Bertz CT molecular complexity index is 257. The molecular weight excluding hydrogens is 204 g/mol. The number of hydrogen-bond acceptors (Lipinski definition) is 3. The second-order valence-electron chi connectivity index (χ2n) is 5.08. The van der Waals surface area contributed by atoms with E-state index in [0.717, 1.165) is 19.4 Å². The first kappa shape index (κ1) is 11.9. The van der Waals surface area contributed by atoms with Crippen molar-refractivity contribution in [3.63, 3.8) is 0 Å². The zero-order valence-corrected chi connectivity index (χ0v) is 9.77. The number of hydrogen-bond donors (Lipinski definition) is 2. The van der Waals surface area contributed by atoms with E-state index < -0.39 is 5.97 Å². The molecule has 3 atom stereocenters. The molecular formula is C12H22N2O2. The largest absolute Gasteiger partial charge is 0.480 e. The lowest BCUT2D eigenvalue weighted by Gasteiger charge is -2.32. The Morgan fingerprint density at radius 3 is 2.81 bits per heavy atom. The average Bonchev–Trinajstić information content (AvgIpc) is 2.65. The van der Waals surface area contributed by atoms with Gasteiger partial charge in [-0.25, -0.2) is 0 Å². The fraction of sp³-hybridized carbons (Fsp3) is 0.917. The molecule has 0 aromatic heterocycles. The van der Waals surface area contributed by atoms with Crippen LogP contribution in [0.4, 0.5) is 0 Å². The second kappa shape index (κ2) is 5.15. The first-order chi connectivity index (χ1) is 7.74. The quantitative estimate of drug-likeness (QED) is 0.752. The lowest BCUT2D eigenvalue weighted by molar-refractivity contribution is -0.142. The minimum absolute atomic E-state index is 0.250. The molecule has 4 nitrogen and oxygen atoms in total. The molecule has 2 fully saturated rings. The van der Waals surface area contributed by atoms with Crippen LogP contribution in [-0.4, -0.2) is 41.1 Å². The van der Waals surface area contributed by atoms with Crippen LogP contribution in [-0.2, 0) is 4.79 Å². The van der Waals surface area contributed by atoms with Crippen molar-refractivity contribution >= 4 is 5.97 Å². The number of carbonyl (C=O) groups is 1. The summed E-state index contributed by atoms with van der Waals surface area (Å²) in [5.41, 5.74) is 5.52. The molecule has 92 valence electrons. The van der Waals surface area contributed by atoms with Gasteiger partial charge >= 0.3 is 5.97 Å². The van der Waals surface area contributed by atoms with E-state index in [9.17, 15) is 9.90 Å². The number of carboxylic acids is 1. The third-order valence-electron chi connectivity index (χ3n) is 4.13. The smallest absolute Gasteiger partial charge is 0.320 e. The fourth-order valence-electron chi connectivity index (χ4n) is 3.39. The maximum atomic E-state index is 11.2. The fourth-order valence-corrected chi connectivity index (χ4v) is 3.39. The average molecular weight is 226 g/mol. The highest BCUT2D eigenvalue weighted by Gasteiger charge is 2.44. The predicted octanol–water partition coefficient (Wildman–Crippen LogP) is 1.05. The molecule has 0 aromatic rings. The highest BCUT2D eigenvalue weighted by atomic mass is 16.4. The van der Waals surface area contributed by atoms with Crippen LogP contribution in [0.3, 0.4) is 0 Å². The number of likely N-dealkylation sites (tertiary alicyclic amines) is 1. The molecule has 0 spiro atoms. The number of carboxylic acid groups (broad SMARTS) is 1. The van der Waals surface area contributed by atoms with Gasteiger partial charge in [-0.2, -0.15) is 0 Å². The van der Waals surface area contributed by atoms with Crippen molar-refractivity contribution in [1.82, 2.24) is 4.90 Å². The molecule has 1 aliphatic carbocycles. The van der Waals surface area contributed by atoms with Crippen molar-refractivity contribution < 1.29 is 9.90 Å². The van der Waals surface area contributed by atoms with E-state index in [1.807, 2.05) is 0 Å². The molecule has 0 bridgehead atoms. The normalized spacial score (nSPS) is 34.9. The molecule has 1 heterocycles. The van der Waals surface area contributed by atoms with Crippen LogP contribution in [0.1, 0.15) is 38.5 Å². The third kappa shape index (κ3) is 2.23. The van der Waals surface area contributed by atoms with E-state index in [1.54, 1.807) is 0 Å². The first-order valence-electron chi connectivity index (χ1n) is 6.42. The maximum absolute atomic E-state index is 11.2. The van der Waals surface area contributed by atoms with Gasteiger partial charge in [0.2, 0.25) is 0 Å². The summed E-state index contributed by atoms with van der Waals surface area (Å²) in [5, 5.41) is 9.26. The van der Waals surface area contributed by atoms with E-state index in [2.05, 4.69) is 4.90 Å². The van der Waals surface area contributed by atoms with Crippen molar-refractivity contribution in [3.8, 4) is 0 Å². The molecule has 1 saturated carbocycles. The van der Waals surface area contributed by atoms with Crippen molar-refractivity contribution in [2.24, 2.45) is 11.7 Å². The Kier molecular flexibility index (Phi) is 3.82. The molecule has 2 rings (SSSR count). The minimum Gasteiger partial charge on any atom is -0.480 e. The van der Waals surface area contributed by atoms with Crippen LogP contribution in [0.5, 0.6) is 0 Å². The molecule has 0 amide bonds. The van der Waals surface area contributed by atoms with Crippen molar-refractivity contribution in [3.05, 3.63) is 0 Å². The van der Waals surface area contributed by atoms with Crippen LogP contribution in [0.2, 0.25) is 0 Å². The summed E-state index contributed by atoms with van der Waals surface area (Å²) in [6.07, 6.45) is 6.69. The zero-order chi connectivity index (χ0) is 11.5. The van der Waals surface area contributed by atoms with E-state index in [4.69, 9.17) is 5.73 Å². The number of fused-ring (bicyclic) bond motifs is 1. The summed E-state index contributed by atoms with van der Waals surface area (Å²) in [7, 11) is 0. The standard InChI is InChI=1S/C12H22N2O2/c13-6-3-7-14-10-5-2-1-4-9(10)8-11(14)12(15)16/h9-11H,1-8,13H2,(H,15,16). The number of nitrogens with zero attached hydrogens (tertiary/aromatic N) is 1. The molecule has 2 aliphatic rings. The number of aliphatic carboxylic acids is 1. The summed E-state index contributed by atoms with van der Waals surface area (Å²) in [6, 6.07) is 0.265. The van der Waals surface area contributed by atoms with Gasteiger partial charge in [-0.05, 0) is 38.1 Å². The van der Waals surface area contributed by atoms with Crippen LogP contribution >= 0.6 is 0 Å². The third-order valence-corrected chi connectivity index (χ3v) is 4.13. The van der Waals surface area contributed by atoms with Crippen LogP contribution in [0.25, 0.3) is 0 Å². The van der Waals surface area contributed by atoms with Crippen molar-refractivity contribution in [1.29, 1.82) is 0 Å². The van der Waals surface area contributed by atoms with Gasteiger partial charge in [-0.3, -0.25) is 9.69 Å². The van der Waals surface area contributed by atoms with Gasteiger partial charge < -0.3 is 10.8 Å². The van der Waals surface area contributed by atoms with Crippen LogP contribution in [0.15, 0.2) is 0 Å². The second-order valence-corrected chi connectivity index (χ2v) is 5.08. The zero-order valence-electron chi connectivity index (χ0n) is 9.77. The Labute approximate surface area is 96.8 Å². The lowest BCUT2D eigenvalue weighted by Crippen LogP contribution is -2.43. The van der Waals surface area contributed by atoms with E-state index >= 15 is 0 Å². The monoisotopic (exact) mass is 226 g/mol. The van der Waals surface area contributed by atoms with Crippen LogP contribution < -0.4 is 5.73 Å². The molecule has 16 heavy (non-hydrogen) atoms. The molecule has 0 radical (unpaired) electrons. The number of rotatable bonds is 4. The minimum atomic E-state index is -0.647. The summed E-state index contributed by atoms with van der Waals surface area (Å²) >= 11 is 0. The van der Waals surface area contributed by atoms with Gasteiger partial charge in [-0.15, -0.1) is 0 Å². The predicted molar refractivity (Wildman–Crippen MR) is 62.2 cm³/mol. The van der Waals surface area contributed by atoms with E-state index in [0.29, 0.717) is 18.5 Å². The van der Waals surface area contributed by atoms with Gasteiger partial charge in [0.25, 0.3) is 0 Å². The summed E-state index contributed by atoms with van der Waals surface area (Å²) in [4.78, 5) is 13.5. The van der Waals surface area contributed by atoms with Crippen LogP contribution in [0, 0.1) is 5.92 Å². The molecule has 1 saturated heterocycles. The molecule has 4 heteroatoms. The summed E-state index contributed by atoms with van der Waals surface area (Å²) in [6.45, 7) is 1.51.